The van der Waals surface area contributed by atoms with Gasteiger partial charge < -0.3 is 34.2 Å². The van der Waals surface area contributed by atoms with Gasteiger partial charge in [0.05, 0.1) is 43.2 Å². The summed E-state index contributed by atoms with van der Waals surface area (Å²) in [6, 6.07) is 19.0. The van der Waals surface area contributed by atoms with Gasteiger partial charge in [0.15, 0.2) is 0 Å². The molecule has 0 bridgehead atoms. The molecule has 0 atom stereocenters. The second-order valence-corrected chi connectivity index (χ2v) is 15.9. The topological polar surface area (TPSA) is 151 Å². The van der Waals surface area contributed by atoms with Crippen molar-refractivity contribution in [3.8, 4) is 34.4 Å². The van der Waals surface area contributed by atoms with Crippen molar-refractivity contribution in [3.63, 3.8) is 0 Å². The number of anilines is 2. The van der Waals surface area contributed by atoms with E-state index in [-0.39, 0.29) is 33.5 Å². The highest BCUT2D eigenvalue weighted by atomic mass is 127. The van der Waals surface area contributed by atoms with Gasteiger partial charge in [-0.05, 0) is 104 Å². The van der Waals surface area contributed by atoms with Gasteiger partial charge in [0, 0.05) is 45.9 Å². The number of aromatic nitrogens is 2. The molecule has 3 heterocycles. The van der Waals surface area contributed by atoms with Gasteiger partial charge in [0.25, 0.3) is 10.0 Å². The number of benzene rings is 3. The number of methoxy groups -OCH3 is 2. The molecule has 0 unspecified atom stereocenters. The van der Waals surface area contributed by atoms with Gasteiger partial charge >= 0.3 is 6.16 Å². The minimum Gasteiger partial charge on any atom is -0.497 e. The number of fused-ring (bicyclic) bond motifs is 1. The molecule has 2 N–H and O–H groups in total. The number of halogens is 1. The zero-order valence-corrected chi connectivity index (χ0v) is 32.4. The van der Waals surface area contributed by atoms with Crippen LogP contribution in [0.15, 0.2) is 77.8 Å². The summed E-state index contributed by atoms with van der Waals surface area (Å²) < 4.78 is 52.5. The van der Waals surface area contributed by atoms with Gasteiger partial charge in [-0.2, -0.15) is 0 Å². The molecule has 2 aromatic heterocycles. The molecular weight excluding hydrogens is 803 g/mol. The summed E-state index contributed by atoms with van der Waals surface area (Å²) in [6.07, 6.45) is 0.836. The monoisotopic (exact) mass is 842 g/mol. The molecular formula is C37H39IN4O9S. The molecule has 3 aromatic carbocycles. The number of hydrogen-bond donors (Lipinski definition) is 2. The summed E-state index contributed by atoms with van der Waals surface area (Å²) in [5.74, 6) is 0.322. The van der Waals surface area contributed by atoms with Gasteiger partial charge in [-0.25, -0.2) is 22.2 Å². The maximum absolute atomic E-state index is 14.5. The van der Waals surface area contributed by atoms with E-state index in [1.165, 1.54) is 32.4 Å². The molecule has 13 nitrogen and oxygen atoms in total. The molecule has 1 saturated heterocycles. The molecule has 0 saturated carbocycles. The zero-order valence-electron chi connectivity index (χ0n) is 29.5. The second-order valence-electron chi connectivity index (χ2n) is 12.9. The van der Waals surface area contributed by atoms with Crippen LogP contribution in [0.4, 0.5) is 16.2 Å². The van der Waals surface area contributed by atoms with Gasteiger partial charge in [0.1, 0.15) is 22.0 Å². The number of nitrogens with zero attached hydrogens (tertiary/aromatic N) is 3. The first-order chi connectivity index (χ1) is 24.7. The van der Waals surface area contributed by atoms with Crippen molar-refractivity contribution in [2.45, 2.75) is 44.1 Å². The molecule has 274 valence electrons. The molecule has 1 aliphatic heterocycles. The van der Waals surface area contributed by atoms with E-state index < -0.39 is 27.7 Å². The van der Waals surface area contributed by atoms with E-state index in [2.05, 4.69) is 32.9 Å². The van der Waals surface area contributed by atoms with E-state index >= 15 is 0 Å². The summed E-state index contributed by atoms with van der Waals surface area (Å²) in [4.78, 5) is 21.6. The van der Waals surface area contributed by atoms with Crippen LogP contribution < -0.4 is 19.5 Å². The van der Waals surface area contributed by atoms with Crippen LogP contribution in [0.2, 0.25) is 0 Å². The number of carbonyl (C=O) groups is 1. The van der Waals surface area contributed by atoms with Crippen LogP contribution in [0.5, 0.6) is 23.3 Å². The fourth-order valence-electron chi connectivity index (χ4n) is 5.94. The third kappa shape index (κ3) is 7.29. The van der Waals surface area contributed by atoms with E-state index in [9.17, 15) is 18.3 Å². The quantitative estimate of drug-likeness (QED) is 0.0992. The number of aromatic hydroxyl groups is 1. The molecule has 0 spiro atoms. The first-order valence-corrected chi connectivity index (χ1v) is 18.9. The number of nitrogens with one attached hydrogen (secondary N) is 1. The molecule has 5 aromatic rings. The standard InChI is InChI=1S/C37H39IN4O9S/c1-7-49-34-26(9-8-18-39-34)31-32-28(42(35(31)43)52(45,46)30-17-14-25(47-5)19-29(30)48-6)16-15-27(38)33(32)40-24-12-10-22(11-13-24)23-20-41(21-23)51-36(44)50-37(2,3)4/h8-19,23,40,43H,7,20-21H2,1-6H3. The van der Waals surface area contributed by atoms with E-state index in [4.69, 9.17) is 23.8 Å². The highest BCUT2D eigenvalue weighted by molar-refractivity contribution is 14.1. The Morgan fingerprint density at radius 2 is 1.77 bits per heavy atom. The number of rotatable bonds is 11. The van der Waals surface area contributed by atoms with Crippen LogP contribution in [0.25, 0.3) is 22.0 Å². The molecule has 0 amide bonds. The highest BCUT2D eigenvalue weighted by Gasteiger charge is 2.34. The lowest BCUT2D eigenvalue weighted by molar-refractivity contribution is -0.182. The predicted octanol–water partition coefficient (Wildman–Crippen LogP) is 7.68. The third-order valence-electron chi connectivity index (χ3n) is 8.32. The van der Waals surface area contributed by atoms with Crippen molar-refractivity contribution < 1.29 is 42.1 Å². The number of ether oxygens (including phenoxy) is 4. The second kappa shape index (κ2) is 14.7. The Morgan fingerprint density at radius 3 is 2.42 bits per heavy atom. The van der Waals surface area contributed by atoms with Crippen LogP contribution in [0.3, 0.4) is 0 Å². The molecule has 0 aliphatic carbocycles. The first kappa shape index (κ1) is 37.0. The maximum Gasteiger partial charge on any atom is 0.528 e. The summed E-state index contributed by atoms with van der Waals surface area (Å²) in [6.45, 7) is 8.51. The van der Waals surface area contributed by atoms with E-state index in [1.807, 2.05) is 31.2 Å². The molecule has 1 fully saturated rings. The lowest BCUT2D eigenvalue weighted by atomic mass is 9.93. The van der Waals surface area contributed by atoms with Crippen LogP contribution in [-0.2, 0) is 19.6 Å². The van der Waals surface area contributed by atoms with Crippen LogP contribution in [-0.4, -0.2) is 73.2 Å². The normalized spacial score (nSPS) is 13.8. The van der Waals surface area contributed by atoms with Gasteiger partial charge in [-0.3, -0.25) is 0 Å². The molecule has 1 aliphatic rings. The Bertz CT molecular complexity index is 2230. The Kier molecular flexibility index (Phi) is 10.5. The van der Waals surface area contributed by atoms with Crippen molar-refractivity contribution in [2.75, 3.05) is 39.2 Å². The van der Waals surface area contributed by atoms with E-state index in [1.54, 1.807) is 56.3 Å². The summed E-state index contributed by atoms with van der Waals surface area (Å²) in [5, 5.41) is 17.5. The fourth-order valence-corrected chi connectivity index (χ4v) is 8.08. The fraction of sp³-hybridized carbons (Fsp3) is 0.297. The smallest absolute Gasteiger partial charge is 0.497 e. The average Bonchev–Trinajstić information content (AvgIpc) is 3.39. The summed E-state index contributed by atoms with van der Waals surface area (Å²) in [5.41, 5.74) is 2.56. The summed E-state index contributed by atoms with van der Waals surface area (Å²) >= 11 is 2.18. The van der Waals surface area contributed by atoms with E-state index in [0.717, 1.165) is 18.8 Å². The van der Waals surface area contributed by atoms with Crippen LogP contribution >= 0.6 is 22.6 Å². The molecule has 6 rings (SSSR count). The van der Waals surface area contributed by atoms with Gasteiger partial charge in [-0.15, -0.1) is 5.06 Å². The zero-order chi connectivity index (χ0) is 37.4. The Labute approximate surface area is 315 Å². The number of hydroxylamine groups is 2. The van der Waals surface area contributed by atoms with E-state index in [0.29, 0.717) is 42.1 Å². The lowest BCUT2D eigenvalue weighted by Gasteiger charge is -2.37. The minimum absolute atomic E-state index is 0.0495. The lowest BCUT2D eigenvalue weighted by Crippen LogP contribution is -2.46. The number of hydrogen-bond acceptors (Lipinski definition) is 12. The van der Waals surface area contributed by atoms with Crippen LogP contribution in [0.1, 0.15) is 39.2 Å². The van der Waals surface area contributed by atoms with Crippen molar-refractivity contribution in [1.29, 1.82) is 0 Å². The first-order valence-electron chi connectivity index (χ1n) is 16.4. The van der Waals surface area contributed by atoms with Crippen molar-refractivity contribution in [3.05, 3.63) is 82.1 Å². The predicted molar refractivity (Wildman–Crippen MR) is 204 cm³/mol. The number of carbonyl (C=O) groups excluding carboxylic acids is 1. The highest BCUT2D eigenvalue weighted by Crippen LogP contribution is 2.49. The minimum atomic E-state index is -4.46. The SMILES string of the molecule is CCOc1ncccc1-c1c(O)n(S(=O)(=O)c2ccc(OC)cc2OC)c2ccc(I)c(Nc3ccc(C4CN(OC(=O)OC(C)(C)C)C4)cc3)c12. The van der Waals surface area contributed by atoms with Crippen molar-refractivity contribution in [2.24, 2.45) is 0 Å². The van der Waals surface area contributed by atoms with Gasteiger partial charge in [-0.1, -0.05) is 12.1 Å². The largest absolute Gasteiger partial charge is 0.528 e. The Morgan fingerprint density at radius 1 is 1.04 bits per heavy atom. The maximum atomic E-state index is 14.5. The summed E-state index contributed by atoms with van der Waals surface area (Å²) in [7, 11) is -1.62. The van der Waals surface area contributed by atoms with Crippen molar-refractivity contribution in [1.82, 2.24) is 14.0 Å². The molecule has 0 radical (unpaired) electrons. The Balaban J connectivity index is 1.41. The third-order valence-corrected chi connectivity index (χ3v) is 11.0. The Hall–Kier alpha value is -4.74. The molecule has 52 heavy (non-hydrogen) atoms. The van der Waals surface area contributed by atoms with Crippen molar-refractivity contribution >= 4 is 61.0 Å². The number of pyridine rings is 1. The molecule has 15 heteroatoms. The average molecular weight is 843 g/mol. The van der Waals surface area contributed by atoms with Crippen LogP contribution in [0, 0.1) is 3.57 Å². The van der Waals surface area contributed by atoms with Gasteiger partial charge in [0.2, 0.25) is 11.8 Å².